The summed E-state index contributed by atoms with van der Waals surface area (Å²) < 4.78 is 88.3. The van der Waals surface area contributed by atoms with Crippen LogP contribution in [0.15, 0.2) is 170 Å². The quantitative estimate of drug-likeness (QED) is 0.0269. The maximum Gasteiger partial charge on any atom is 0.407 e. The summed E-state index contributed by atoms with van der Waals surface area (Å²) in [7, 11) is 6.63. The van der Waals surface area contributed by atoms with Crippen LogP contribution in [0, 0.1) is 5.41 Å². The first kappa shape index (κ1) is 90.8. The smallest absolute Gasteiger partial charge is 0.407 e. The molecule has 0 heterocycles. The third-order valence-electron chi connectivity index (χ3n) is 18.9. The minimum Gasteiger partial charge on any atom is -0.494 e. The Kier molecular flexibility index (Phi) is 38.2. The molecule has 9 rings (SSSR count). The molecule has 0 spiro atoms. The van der Waals surface area contributed by atoms with Gasteiger partial charge in [-0.25, -0.2) is 4.79 Å². The van der Waals surface area contributed by atoms with Crippen molar-refractivity contribution in [1.29, 1.82) is 0 Å². The number of rotatable bonds is 53. The molecule has 2 amide bonds. The van der Waals surface area contributed by atoms with E-state index in [1.54, 1.807) is 28.4 Å². The summed E-state index contributed by atoms with van der Waals surface area (Å²) in [6.45, 7) is 20.4. The number of unbranched alkanes of at least 4 members (excludes halogenated alkanes) is 2. The number of benzene rings is 8. The fourth-order valence-corrected chi connectivity index (χ4v) is 13.2. The number of nitrogens with one attached hydrogen (secondary N) is 2. The first-order valence-electron chi connectivity index (χ1n) is 40.8. The summed E-state index contributed by atoms with van der Waals surface area (Å²) in [5, 5.41) is 5.83. The number of carbonyl (C=O) groups is 2. The van der Waals surface area contributed by atoms with E-state index in [1.165, 1.54) is 0 Å². The van der Waals surface area contributed by atoms with E-state index in [-0.39, 0.29) is 11.3 Å². The standard InChI is InChI=1S/C98H122N2O17/c1-96(2,3)73-94(101)99-43-11-13-45-111-84-37-31-78(32-38-84)25-23-74-15-19-76(20-16-74)27-29-80-35-41-90-91-42-36-81(30-28-77-21-17-75(18-22-77)24-26-79-33-39-85(40-34-79)112-46-14-12-44-100-95(102)117-97(4,5)6)68-93(91)98(92(90)67-80,71-82-63-86(113-59-55-107-51-47-103-7)69-87(64-82)114-60-56-108-52-48-104-8)72-83-65-88(115-61-57-109-53-49-105-9)70-89(66-83)116-62-58-110-54-50-106-10/h15-42,63-70H,11-14,43-62,71-73H2,1-10H3,(H,99,101)(H,100,102)/b25-23+,26-24+,29-27+,30-28+. The SMILES string of the molecule is COCCOCCOc1cc(CC2(Cc3cc(OCCOCCOC)cc(OCCOCCOC)c3)c3cc(/C=C/c4ccc(/C=C/c5ccc(OCCCCNC(=O)CC(C)(C)C)cc5)cc4)ccc3-c3ccc(/C=C/c4ccc(/C=C/c5ccc(OCCCCNC(=O)OC(C)(C)C)cc5)cc4)cc32)cc(OCCOCCOC)c1. The molecule has 0 saturated carbocycles. The van der Waals surface area contributed by atoms with Crippen LogP contribution >= 0.6 is 0 Å². The molecule has 19 heteroatoms. The highest BCUT2D eigenvalue weighted by atomic mass is 16.6. The van der Waals surface area contributed by atoms with Gasteiger partial charge in [0, 0.05) is 65.5 Å². The third-order valence-corrected chi connectivity index (χ3v) is 18.9. The van der Waals surface area contributed by atoms with Gasteiger partial charge in [0.1, 0.15) is 66.5 Å². The van der Waals surface area contributed by atoms with Gasteiger partial charge in [0.25, 0.3) is 0 Å². The molecule has 0 bridgehead atoms. The minimum atomic E-state index is -0.762. The van der Waals surface area contributed by atoms with E-state index in [4.69, 9.17) is 71.1 Å². The van der Waals surface area contributed by atoms with Gasteiger partial charge < -0.3 is 81.7 Å². The lowest BCUT2D eigenvalue weighted by molar-refractivity contribution is -0.122. The summed E-state index contributed by atoms with van der Waals surface area (Å²) in [6.07, 6.45) is 21.6. The lowest BCUT2D eigenvalue weighted by Crippen LogP contribution is -2.33. The van der Waals surface area contributed by atoms with Gasteiger partial charge >= 0.3 is 6.09 Å². The summed E-state index contributed by atoms with van der Waals surface area (Å²) in [4.78, 5) is 24.2. The second-order valence-electron chi connectivity index (χ2n) is 30.9. The first-order chi connectivity index (χ1) is 56.8. The van der Waals surface area contributed by atoms with E-state index >= 15 is 0 Å². The number of fused-ring (bicyclic) bond motifs is 3. The Morgan fingerprint density at radius 1 is 0.316 bits per heavy atom. The van der Waals surface area contributed by atoms with Gasteiger partial charge in [-0.15, -0.1) is 0 Å². The predicted octanol–water partition coefficient (Wildman–Crippen LogP) is 18.7. The fourth-order valence-electron chi connectivity index (χ4n) is 13.2. The highest BCUT2D eigenvalue weighted by molar-refractivity contribution is 5.86. The summed E-state index contributed by atoms with van der Waals surface area (Å²) in [6, 6.07) is 59.4. The molecule has 0 saturated heterocycles. The van der Waals surface area contributed by atoms with Gasteiger partial charge in [-0.3, -0.25) is 4.79 Å². The molecule has 0 aromatic heterocycles. The van der Waals surface area contributed by atoms with Gasteiger partial charge in [0.05, 0.1) is 92.5 Å². The summed E-state index contributed by atoms with van der Waals surface area (Å²) in [5.74, 6) is 4.27. The molecule has 0 atom stereocenters. The van der Waals surface area contributed by atoms with Gasteiger partial charge in [-0.2, -0.15) is 0 Å². The molecule has 0 aliphatic heterocycles. The van der Waals surface area contributed by atoms with Crippen molar-refractivity contribution in [3.8, 4) is 45.6 Å². The van der Waals surface area contributed by atoms with Crippen molar-refractivity contribution in [2.45, 2.75) is 97.5 Å². The van der Waals surface area contributed by atoms with Crippen LogP contribution in [0.25, 0.3) is 59.7 Å². The number of methoxy groups -OCH3 is 4. The maximum absolute atomic E-state index is 12.2. The zero-order valence-corrected chi connectivity index (χ0v) is 70.3. The van der Waals surface area contributed by atoms with Crippen LogP contribution in [0.2, 0.25) is 0 Å². The summed E-state index contributed by atoms with van der Waals surface area (Å²) >= 11 is 0. The molecule has 0 radical (unpaired) electrons. The van der Waals surface area contributed by atoms with Crippen molar-refractivity contribution >= 4 is 60.6 Å². The molecule has 0 unspecified atom stereocenters. The van der Waals surface area contributed by atoms with Crippen LogP contribution in [-0.2, 0) is 65.7 Å². The van der Waals surface area contributed by atoms with Crippen LogP contribution in [-0.4, -0.2) is 178 Å². The van der Waals surface area contributed by atoms with Crippen molar-refractivity contribution in [2.75, 3.05) is 160 Å². The van der Waals surface area contributed by atoms with E-state index < -0.39 is 17.1 Å². The molecule has 117 heavy (non-hydrogen) atoms. The number of hydrogen-bond acceptors (Lipinski definition) is 17. The topological polar surface area (TPSA) is 197 Å². The molecular formula is C98H122N2O17. The van der Waals surface area contributed by atoms with Crippen LogP contribution in [0.3, 0.4) is 0 Å². The van der Waals surface area contributed by atoms with Crippen molar-refractivity contribution in [3.63, 3.8) is 0 Å². The Labute approximate surface area is 693 Å². The average Bonchev–Trinajstić information content (AvgIpc) is 1.56. The largest absolute Gasteiger partial charge is 0.494 e. The van der Waals surface area contributed by atoms with Gasteiger partial charge in [0.15, 0.2) is 0 Å². The molecule has 2 N–H and O–H groups in total. The minimum absolute atomic E-state index is 0.0331. The number of hydrogen-bond donors (Lipinski definition) is 2. The molecule has 1 aliphatic carbocycles. The molecule has 1 aliphatic rings. The molecule has 626 valence electrons. The average molecular weight is 1600 g/mol. The zero-order chi connectivity index (χ0) is 82.8. The van der Waals surface area contributed by atoms with Gasteiger partial charge in [0.2, 0.25) is 5.91 Å². The zero-order valence-electron chi connectivity index (χ0n) is 70.3. The monoisotopic (exact) mass is 1600 g/mol. The number of alkyl carbamates (subject to hydrolysis) is 1. The molecular weight excluding hydrogens is 1480 g/mol. The normalized spacial score (nSPS) is 12.5. The van der Waals surface area contributed by atoms with Crippen LogP contribution < -0.4 is 39.1 Å². The van der Waals surface area contributed by atoms with Crippen LogP contribution in [0.1, 0.15) is 140 Å². The van der Waals surface area contributed by atoms with E-state index in [0.29, 0.717) is 174 Å². The van der Waals surface area contributed by atoms with E-state index in [9.17, 15) is 9.59 Å². The van der Waals surface area contributed by atoms with Crippen LogP contribution in [0.5, 0.6) is 34.5 Å². The molecule has 8 aromatic carbocycles. The Morgan fingerprint density at radius 3 is 0.923 bits per heavy atom. The summed E-state index contributed by atoms with van der Waals surface area (Å²) in [5.41, 5.74) is 13.6. The number of carbonyl (C=O) groups excluding carboxylic acids is 2. The Bertz CT molecular complexity index is 4040. The lowest BCUT2D eigenvalue weighted by atomic mass is 9.69. The number of amides is 2. The van der Waals surface area contributed by atoms with E-state index in [0.717, 1.165) is 115 Å². The highest BCUT2D eigenvalue weighted by Gasteiger charge is 2.44. The predicted molar refractivity (Wildman–Crippen MR) is 468 cm³/mol. The second-order valence-corrected chi connectivity index (χ2v) is 30.9. The molecule has 0 fully saturated rings. The first-order valence-corrected chi connectivity index (χ1v) is 40.8. The van der Waals surface area contributed by atoms with Gasteiger partial charge in [-0.05, 0) is 191 Å². The van der Waals surface area contributed by atoms with Crippen molar-refractivity contribution in [2.24, 2.45) is 5.41 Å². The van der Waals surface area contributed by atoms with Gasteiger partial charge in [-0.1, -0.05) is 179 Å². The number of ether oxygens (including phenoxy) is 15. The van der Waals surface area contributed by atoms with E-state index in [1.807, 2.05) is 69.3 Å². The Hall–Kier alpha value is -10.1. The molecule has 8 aromatic rings. The Balaban J connectivity index is 1.03. The highest BCUT2D eigenvalue weighted by Crippen LogP contribution is 2.54. The molecule has 19 nitrogen and oxygen atoms in total. The van der Waals surface area contributed by atoms with Crippen molar-refractivity contribution in [3.05, 3.63) is 237 Å². The Morgan fingerprint density at radius 2 is 0.607 bits per heavy atom. The van der Waals surface area contributed by atoms with Crippen LogP contribution in [0.4, 0.5) is 4.79 Å². The maximum atomic E-state index is 12.2. The third kappa shape index (κ3) is 33.1. The van der Waals surface area contributed by atoms with Crippen molar-refractivity contribution in [1.82, 2.24) is 10.6 Å². The second kappa shape index (κ2) is 49.2. The lowest BCUT2D eigenvalue weighted by Gasteiger charge is -2.34. The fraction of sp³-hybridized carbons (Fsp3) is 0.408. The van der Waals surface area contributed by atoms with Crippen molar-refractivity contribution < 1.29 is 80.6 Å². The van der Waals surface area contributed by atoms with E-state index in [2.05, 4.69) is 201 Å².